The van der Waals surface area contributed by atoms with E-state index in [1.807, 2.05) is 22.2 Å². The zero-order chi connectivity index (χ0) is 14.1. The number of benzene rings is 1. The summed E-state index contributed by atoms with van der Waals surface area (Å²) in [7, 11) is 0. The number of hydrogen-bond acceptors (Lipinski definition) is 3. The molecule has 0 aliphatic rings. The van der Waals surface area contributed by atoms with Gasteiger partial charge in [-0.2, -0.15) is 0 Å². The average molecular weight is 311 g/mol. The SMILES string of the molecule is OC(Cc1cn2ccsc2n1)Cc1ccc(F)cc1Cl. The molecule has 0 saturated carbocycles. The van der Waals surface area contributed by atoms with E-state index in [9.17, 15) is 9.50 Å². The molecule has 1 atom stereocenters. The van der Waals surface area contributed by atoms with E-state index in [1.165, 1.54) is 12.1 Å². The summed E-state index contributed by atoms with van der Waals surface area (Å²) in [6, 6.07) is 4.21. The van der Waals surface area contributed by atoms with E-state index in [1.54, 1.807) is 17.4 Å². The number of halogens is 2. The highest BCUT2D eigenvalue weighted by atomic mass is 35.5. The summed E-state index contributed by atoms with van der Waals surface area (Å²) in [5.41, 5.74) is 1.57. The number of hydrogen-bond donors (Lipinski definition) is 1. The monoisotopic (exact) mass is 310 g/mol. The highest BCUT2D eigenvalue weighted by Gasteiger charge is 2.12. The number of thiazole rings is 1. The number of aromatic nitrogens is 2. The highest BCUT2D eigenvalue weighted by molar-refractivity contribution is 7.15. The Morgan fingerprint density at radius 1 is 1.40 bits per heavy atom. The molecular weight excluding hydrogens is 299 g/mol. The molecule has 1 unspecified atom stereocenters. The van der Waals surface area contributed by atoms with Crippen LogP contribution in [-0.4, -0.2) is 20.6 Å². The van der Waals surface area contributed by atoms with E-state index in [2.05, 4.69) is 4.98 Å². The van der Waals surface area contributed by atoms with Crippen molar-refractivity contribution in [2.75, 3.05) is 0 Å². The molecule has 104 valence electrons. The van der Waals surface area contributed by atoms with E-state index >= 15 is 0 Å². The van der Waals surface area contributed by atoms with Crippen LogP contribution in [0.1, 0.15) is 11.3 Å². The smallest absolute Gasteiger partial charge is 0.193 e. The number of rotatable bonds is 4. The Morgan fingerprint density at radius 3 is 3.00 bits per heavy atom. The first-order valence-corrected chi connectivity index (χ1v) is 7.40. The molecule has 0 aliphatic carbocycles. The van der Waals surface area contributed by atoms with Crippen molar-refractivity contribution in [3.05, 3.63) is 58.1 Å². The van der Waals surface area contributed by atoms with Gasteiger partial charge < -0.3 is 5.11 Å². The molecule has 0 radical (unpaired) electrons. The first-order valence-electron chi connectivity index (χ1n) is 6.15. The predicted molar refractivity (Wildman–Crippen MR) is 77.9 cm³/mol. The average Bonchev–Trinajstić information content (AvgIpc) is 2.93. The lowest BCUT2D eigenvalue weighted by atomic mass is 10.0. The number of imidazole rings is 1. The Morgan fingerprint density at radius 2 is 2.25 bits per heavy atom. The Labute approximate surface area is 124 Å². The van der Waals surface area contributed by atoms with Crippen LogP contribution in [0, 0.1) is 5.82 Å². The molecule has 0 aliphatic heterocycles. The van der Waals surface area contributed by atoms with Crippen molar-refractivity contribution in [1.82, 2.24) is 9.38 Å². The van der Waals surface area contributed by atoms with Crippen molar-refractivity contribution in [2.24, 2.45) is 0 Å². The molecule has 20 heavy (non-hydrogen) atoms. The van der Waals surface area contributed by atoms with Crippen LogP contribution < -0.4 is 0 Å². The van der Waals surface area contributed by atoms with Crippen LogP contribution in [0.2, 0.25) is 5.02 Å². The summed E-state index contributed by atoms with van der Waals surface area (Å²) < 4.78 is 14.9. The van der Waals surface area contributed by atoms with Crippen LogP contribution in [0.3, 0.4) is 0 Å². The number of aliphatic hydroxyl groups excluding tert-OH is 1. The summed E-state index contributed by atoms with van der Waals surface area (Å²) in [5.74, 6) is -0.373. The molecule has 1 aromatic carbocycles. The van der Waals surface area contributed by atoms with E-state index in [-0.39, 0.29) is 5.82 Å². The van der Waals surface area contributed by atoms with Gasteiger partial charge in [-0.1, -0.05) is 17.7 Å². The summed E-state index contributed by atoms with van der Waals surface area (Å²) >= 11 is 7.50. The molecule has 6 heteroatoms. The third-order valence-corrected chi connectivity index (χ3v) is 4.18. The van der Waals surface area contributed by atoms with E-state index in [0.29, 0.717) is 17.9 Å². The first kappa shape index (κ1) is 13.5. The van der Waals surface area contributed by atoms with Gasteiger partial charge in [-0.15, -0.1) is 11.3 Å². The molecule has 0 spiro atoms. The van der Waals surface area contributed by atoms with Crippen molar-refractivity contribution < 1.29 is 9.50 Å². The third kappa shape index (κ3) is 2.85. The molecule has 0 fully saturated rings. The van der Waals surface area contributed by atoms with Crippen LogP contribution in [0.4, 0.5) is 4.39 Å². The van der Waals surface area contributed by atoms with E-state index < -0.39 is 6.10 Å². The van der Waals surface area contributed by atoms with E-state index in [4.69, 9.17) is 11.6 Å². The number of aliphatic hydroxyl groups is 1. The quantitative estimate of drug-likeness (QED) is 0.802. The van der Waals surface area contributed by atoms with Gasteiger partial charge in [0.15, 0.2) is 4.96 Å². The number of fused-ring (bicyclic) bond motifs is 1. The molecule has 3 aromatic rings. The normalized spacial score (nSPS) is 12.9. The zero-order valence-electron chi connectivity index (χ0n) is 10.5. The maximum Gasteiger partial charge on any atom is 0.193 e. The molecule has 3 rings (SSSR count). The summed E-state index contributed by atoms with van der Waals surface area (Å²) in [6.07, 6.45) is 4.07. The Hall–Kier alpha value is -1.43. The fourth-order valence-corrected chi connectivity index (χ4v) is 3.09. The first-order chi connectivity index (χ1) is 9.61. The minimum Gasteiger partial charge on any atom is -0.392 e. The number of nitrogens with zero attached hydrogens (tertiary/aromatic N) is 2. The van der Waals surface area contributed by atoms with Crippen LogP contribution >= 0.6 is 22.9 Å². The molecule has 0 amide bonds. The van der Waals surface area contributed by atoms with Gasteiger partial charge in [0.05, 0.1) is 11.8 Å². The standard InChI is InChI=1S/C14H12ClFN2OS/c15-13-6-10(16)2-1-9(13)5-12(19)7-11-8-18-3-4-20-14(18)17-11/h1-4,6,8,12,19H,5,7H2. The van der Waals surface area contributed by atoms with E-state index in [0.717, 1.165) is 16.2 Å². The molecular formula is C14H12ClFN2OS. The van der Waals surface area contributed by atoms with Crippen molar-refractivity contribution in [3.63, 3.8) is 0 Å². The second-order valence-electron chi connectivity index (χ2n) is 4.62. The topological polar surface area (TPSA) is 37.5 Å². The Balaban J connectivity index is 1.70. The summed E-state index contributed by atoms with van der Waals surface area (Å²) in [5, 5.41) is 12.4. The van der Waals surface area contributed by atoms with Crippen LogP contribution in [0.25, 0.3) is 4.96 Å². The molecule has 0 bridgehead atoms. The lowest BCUT2D eigenvalue weighted by Crippen LogP contribution is -2.14. The zero-order valence-corrected chi connectivity index (χ0v) is 12.0. The maximum absolute atomic E-state index is 13.0. The van der Waals surface area contributed by atoms with Crippen LogP contribution in [0.5, 0.6) is 0 Å². The lowest BCUT2D eigenvalue weighted by Gasteiger charge is -2.10. The van der Waals surface area contributed by atoms with Gasteiger partial charge in [-0.3, -0.25) is 4.40 Å². The van der Waals surface area contributed by atoms with Gasteiger partial charge in [-0.05, 0) is 17.7 Å². The van der Waals surface area contributed by atoms with Gasteiger partial charge >= 0.3 is 0 Å². The molecule has 2 aromatic heterocycles. The minimum absolute atomic E-state index is 0.342. The molecule has 2 heterocycles. The second kappa shape index (κ2) is 5.52. The van der Waals surface area contributed by atoms with Crippen molar-refractivity contribution in [1.29, 1.82) is 0 Å². The highest BCUT2D eigenvalue weighted by Crippen LogP contribution is 2.20. The van der Waals surface area contributed by atoms with Gasteiger partial charge in [0.1, 0.15) is 5.82 Å². The fraction of sp³-hybridized carbons (Fsp3) is 0.214. The minimum atomic E-state index is -0.595. The Bertz CT molecular complexity index is 711. The van der Waals surface area contributed by atoms with Crippen molar-refractivity contribution in [2.45, 2.75) is 18.9 Å². The van der Waals surface area contributed by atoms with Gasteiger partial charge in [0.25, 0.3) is 0 Å². The molecule has 0 saturated heterocycles. The Kier molecular flexibility index (Phi) is 3.74. The molecule has 1 N–H and O–H groups in total. The van der Waals surface area contributed by atoms with Crippen molar-refractivity contribution in [3.8, 4) is 0 Å². The van der Waals surface area contributed by atoms with Gasteiger partial charge in [-0.25, -0.2) is 9.37 Å². The molecule has 3 nitrogen and oxygen atoms in total. The third-order valence-electron chi connectivity index (χ3n) is 3.06. The van der Waals surface area contributed by atoms with Gasteiger partial charge in [0, 0.05) is 35.6 Å². The fourth-order valence-electron chi connectivity index (χ4n) is 2.13. The second-order valence-corrected chi connectivity index (χ2v) is 5.90. The van der Waals surface area contributed by atoms with Crippen LogP contribution in [-0.2, 0) is 12.8 Å². The maximum atomic E-state index is 13.0. The van der Waals surface area contributed by atoms with Crippen LogP contribution in [0.15, 0.2) is 36.0 Å². The predicted octanol–water partition coefficient (Wildman–Crippen LogP) is 3.33. The summed E-state index contributed by atoms with van der Waals surface area (Å²) in [4.78, 5) is 5.33. The van der Waals surface area contributed by atoms with Crippen molar-refractivity contribution >= 4 is 27.9 Å². The lowest BCUT2D eigenvalue weighted by molar-refractivity contribution is 0.174. The largest absolute Gasteiger partial charge is 0.392 e. The summed E-state index contributed by atoms with van der Waals surface area (Å²) in [6.45, 7) is 0. The van der Waals surface area contributed by atoms with Gasteiger partial charge in [0.2, 0.25) is 0 Å².